The summed E-state index contributed by atoms with van der Waals surface area (Å²) in [5.74, 6) is -0.806. The van der Waals surface area contributed by atoms with Crippen molar-refractivity contribution in [3.63, 3.8) is 0 Å². The lowest BCUT2D eigenvalue weighted by molar-refractivity contribution is -0.142. The molecule has 0 bridgehead atoms. The summed E-state index contributed by atoms with van der Waals surface area (Å²) in [4.78, 5) is 16.7. The molecular formula is C9H14N2O2S. The van der Waals surface area contributed by atoms with E-state index in [9.17, 15) is 4.79 Å². The molecule has 0 radical (unpaired) electrons. The molecule has 1 atom stereocenters. The zero-order chi connectivity index (χ0) is 10.7. The highest BCUT2D eigenvalue weighted by Crippen LogP contribution is 2.10. The first-order valence-electron chi connectivity index (χ1n) is 4.34. The van der Waals surface area contributed by atoms with E-state index in [4.69, 9.17) is 5.11 Å². The highest BCUT2D eigenvalue weighted by Gasteiger charge is 2.17. The van der Waals surface area contributed by atoms with E-state index in [1.54, 1.807) is 30.2 Å². The first kappa shape index (κ1) is 11.1. The van der Waals surface area contributed by atoms with Gasteiger partial charge in [0.05, 0.1) is 10.7 Å². The average Bonchev–Trinajstić information content (AvgIpc) is 2.49. The third kappa shape index (κ3) is 2.78. The van der Waals surface area contributed by atoms with Gasteiger partial charge < -0.3 is 5.11 Å². The van der Waals surface area contributed by atoms with Crippen molar-refractivity contribution in [2.24, 2.45) is 0 Å². The predicted octanol–water partition coefficient (Wildman–Crippen LogP) is 1.36. The lowest BCUT2D eigenvalue weighted by Gasteiger charge is -2.19. The standard InChI is InChI=1S/C9H14N2O2S/c1-6(9(12)13)11(3)4-8-5-14-7(2)10-8/h5-6H,4H2,1-3H3,(H,12,13). The fourth-order valence-electron chi connectivity index (χ4n) is 1.06. The van der Waals surface area contributed by atoms with Crippen molar-refractivity contribution in [1.29, 1.82) is 0 Å². The van der Waals surface area contributed by atoms with Crippen LogP contribution in [-0.4, -0.2) is 34.0 Å². The van der Waals surface area contributed by atoms with Crippen molar-refractivity contribution in [2.45, 2.75) is 26.4 Å². The lowest BCUT2D eigenvalue weighted by Crippen LogP contribution is -2.35. The van der Waals surface area contributed by atoms with Gasteiger partial charge in [0.1, 0.15) is 6.04 Å². The van der Waals surface area contributed by atoms with Crippen LogP contribution in [0.1, 0.15) is 17.6 Å². The van der Waals surface area contributed by atoms with E-state index in [0.29, 0.717) is 6.54 Å². The molecule has 0 aliphatic rings. The maximum atomic E-state index is 10.7. The van der Waals surface area contributed by atoms with E-state index in [2.05, 4.69) is 4.98 Å². The normalized spacial score (nSPS) is 13.1. The Kier molecular flexibility index (Phi) is 3.60. The molecule has 0 saturated heterocycles. The topological polar surface area (TPSA) is 53.4 Å². The third-order valence-electron chi connectivity index (χ3n) is 2.10. The van der Waals surface area contributed by atoms with Gasteiger partial charge >= 0.3 is 5.97 Å². The van der Waals surface area contributed by atoms with Crippen LogP contribution in [0.15, 0.2) is 5.38 Å². The molecular weight excluding hydrogens is 200 g/mol. The maximum absolute atomic E-state index is 10.7. The number of likely N-dealkylation sites (N-methyl/N-ethyl adjacent to an activating group) is 1. The van der Waals surface area contributed by atoms with Gasteiger partial charge in [-0.1, -0.05) is 0 Å². The molecule has 1 N–H and O–H groups in total. The number of rotatable bonds is 4. The number of hydrogen-bond donors (Lipinski definition) is 1. The summed E-state index contributed by atoms with van der Waals surface area (Å²) in [5.41, 5.74) is 0.933. The van der Waals surface area contributed by atoms with Crippen LogP contribution < -0.4 is 0 Å². The van der Waals surface area contributed by atoms with Gasteiger partial charge in [0.2, 0.25) is 0 Å². The molecule has 0 aromatic carbocycles. The number of aromatic nitrogens is 1. The molecule has 1 aromatic rings. The molecule has 5 heteroatoms. The number of thiazole rings is 1. The Hall–Kier alpha value is -0.940. The van der Waals surface area contributed by atoms with E-state index in [-0.39, 0.29) is 0 Å². The van der Waals surface area contributed by atoms with Crippen LogP contribution in [0, 0.1) is 6.92 Å². The van der Waals surface area contributed by atoms with Crippen LogP contribution in [0.4, 0.5) is 0 Å². The molecule has 0 aliphatic carbocycles. The van der Waals surface area contributed by atoms with Gasteiger partial charge in [0, 0.05) is 11.9 Å². The number of carboxylic acid groups (broad SMARTS) is 1. The molecule has 0 fully saturated rings. The highest BCUT2D eigenvalue weighted by atomic mass is 32.1. The van der Waals surface area contributed by atoms with Crippen LogP contribution in [0.5, 0.6) is 0 Å². The van der Waals surface area contributed by atoms with Gasteiger partial charge in [-0.15, -0.1) is 11.3 Å². The fourth-order valence-corrected chi connectivity index (χ4v) is 1.67. The Labute approximate surface area is 87.2 Å². The van der Waals surface area contributed by atoms with Gasteiger partial charge in [0.25, 0.3) is 0 Å². The number of aliphatic carboxylic acids is 1. The molecule has 1 unspecified atom stereocenters. The quantitative estimate of drug-likeness (QED) is 0.822. The number of carbonyl (C=O) groups is 1. The SMILES string of the molecule is Cc1nc(CN(C)C(C)C(=O)O)cs1. The van der Waals surface area contributed by atoms with E-state index in [1.807, 2.05) is 12.3 Å². The van der Waals surface area contributed by atoms with E-state index in [1.165, 1.54) is 0 Å². The van der Waals surface area contributed by atoms with Gasteiger partial charge in [-0.05, 0) is 20.9 Å². The third-order valence-corrected chi connectivity index (χ3v) is 2.92. The summed E-state index contributed by atoms with van der Waals surface area (Å²) >= 11 is 1.58. The number of hydrogen-bond acceptors (Lipinski definition) is 4. The zero-order valence-electron chi connectivity index (χ0n) is 8.52. The Morgan fingerprint density at radius 3 is 2.86 bits per heavy atom. The maximum Gasteiger partial charge on any atom is 0.320 e. The smallest absolute Gasteiger partial charge is 0.320 e. The summed E-state index contributed by atoms with van der Waals surface area (Å²) in [5, 5.41) is 11.7. The summed E-state index contributed by atoms with van der Waals surface area (Å²) < 4.78 is 0. The first-order valence-corrected chi connectivity index (χ1v) is 5.22. The van der Waals surface area contributed by atoms with Gasteiger partial charge in [-0.25, -0.2) is 4.98 Å². The Morgan fingerprint density at radius 1 is 1.79 bits per heavy atom. The second kappa shape index (κ2) is 4.52. The van der Waals surface area contributed by atoms with Gasteiger partial charge in [0.15, 0.2) is 0 Å². The number of nitrogens with zero attached hydrogens (tertiary/aromatic N) is 2. The van der Waals surface area contributed by atoms with Crippen LogP contribution in [0.3, 0.4) is 0 Å². The zero-order valence-corrected chi connectivity index (χ0v) is 9.34. The summed E-state index contributed by atoms with van der Waals surface area (Å²) in [6, 6.07) is -0.475. The molecule has 0 aliphatic heterocycles. The minimum absolute atomic E-state index is 0.475. The van der Waals surface area contributed by atoms with E-state index >= 15 is 0 Å². The molecule has 78 valence electrons. The van der Waals surface area contributed by atoms with Crippen molar-refractivity contribution in [1.82, 2.24) is 9.88 Å². The first-order chi connectivity index (χ1) is 6.50. The van der Waals surface area contributed by atoms with Crippen molar-refractivity contribution in [3.05, 3.63) is 16.1 Å². The van der Waals surface area contributed by atoms with Gasteiger partial charge in [-0.2, -0.15) is 0 Å². The van der Waals surface area contributed by atoms with E-state index in [0.717, 1.165) is 10.7 Å². The van der Waals surface area contributed by atoms with Crippen molar-refractivity contribution in [2.75, 3.05) is 7.05 Å². The second-order valence-corrected chi connectivity index (χ2v) is 4.35. The monoisotopic (exact) mass is 214 g/mol. The van der Waals surface area contributed by atoms with Crippen LogP contribution >= 0.6 is 11.3 Å². The Bertz CT molecular complexity index is 324. The molecule has 4 nitrogen and oxygen atoms in total. The summed E-state index contributed by atoms with van der Waals surface area (Å²) in [7, 11) is 1.79. The molecule has 14 heavy (non-hydrogen) atoms. The van der Waals surface area contributed by atoms with Gasteiger partial charge in [-0.3, -0.25) is 9.69 Å². The molecule has 1 aromatic heterocycles. The summed E-state index contributed by atoms with van der Waals surface area (Å²) in [6.07, 6.45) is 0. The number of carboxylic acids is 1. The Morgan fingerprint density at radius 2 is 2.43 bits per heavy atom. The van der Waals surface area contributed by atoms with Crippen LogP contribution in [-0.2, 0) is 11.3 Å². The van der Waals surface area contributed by atoms with Crippen molar-refractivity contribution < 1.29 is 9.90 Å². The lowest BCUT2D eigenvalue weighted by atomic mass is 10.3. The molecule has 0 saturated carbocycles. The highest BCUT2D eigenvalue weighted by molar-refractivity contribution is 7.09. The van der Waals surface area contributed by atoms with E-state index < -0.39 is 12.0 Å². The van der Waals surface area contributed by atoms with Crippen LogP contribution in [0.2, 0.25) is 0 Å². The predicted molar refractivity (Wildman–Crippen MR) is 55.4 cm³/mol. The molecule has 1 heterocycles. The summed E-state index contributed by atoms with van der Waals surface area (Å²) in [6.45, 7) is 4.19. The fraction of sp³-hybridized carbons (Fsp3) is 0.556. The number of aryl methyl sites for hydroxylation is 1. The molecule has 0 amide bonds. The second-order valence-electron chi connectivity index (χ2n) is 3.29. The van der Waals surface area contributed by atoms with Crippen molar-refractivity contribution in [3.8, 4) is 0 Å². The largest absolute Gasteiger partial charge is 0.480 e. The average molecular weight is 214 g/mol. The molecule has 1 rings (SSSR count). The van der Waals surface area contributed by atoms with Crippen molar-refractivity contribution >= 4 is 17.3 Å². The van der Waals surface area contributed by atoms with Crippen LogP contribution in [0.25, 0.3) is 0 Å². The minimum Gasteiger partial charge on any atom is -0.480 e. The molecule has 0 spiro atoms. The Balaban J connectivity index is 2.56. The minimum atomic E-state index is -0.806.